The van der Waals surface area contributed by atoms with Crippen molar-refractivity contribution in [3.05, 3.63) is 78.1 Å². The van der Waals surface area contributed by atoms with Crippen molar-refractivity contribution < 1.29 is 9.53 Å². The van der Waals surface area contributed by atoms with Gasteiger partial charge in [0, 0.05) is 48.7 Å². The molecule has 1 aliphatic rings. The number of benzene rings is 2. The second kappa shape index (κ2) is 8.90. The Kier molecular flexibility index (Phi) is 5.66. The van der Waals surface area contributed by atoms with Gasteiger partial charge in [0.15, 0.2) is 0 Å². The molecular weight excluding hydrogens is 402 g/mol. The Bertz CT molecular complexity index is 1240. The van der Waals surface area contributed by atoms with Crippen LogP contribution in [0.1, 0.15) is 11.1 Å². The van der Waals surface area contributed by atoms with Gasteiger partial charge in [0.1, 0.15) is 11.8 Å². The summed E-state index contributed by atoms with van der Waals surface area (Å²) in [7, 11) is 0. The van der Waals surface area contributed by atoms with Crippen molar-refractivity contribution in [1.29, 1.82) is 0 Å². The molecule has 0 saturated carbocycles. The molecule has 2 N–H and O–H groups in total. The monoisotopic (exact) mass is 427 g/mol. The van der Waals surface area contributed by atoms with Crippen molar-refractivity contribution in [3.63, 3.8) is 0 Å². The number of hydrogen-bond acceptors (Lipinski definition) is 5. The van der Waals surface area contributed by atoms with Crippen LogP contribution in [0.25, 0.3) is 22.2 Å². The molecule has 1 aliphatic heterocycles. The molecule has 2 aromatic carbocycles. The Morgan fingerprint density at radius 2 is 2.03 bits per heavy atom. The molecule has 1 atom stereocenters. The molecule has 2 aromatic heterocycles. The molecular formula is C25H25N5O2. The number of carbonyl (C=O) groups is 1. The predicted molar refractivity (Wildman–Crippen MR) is 124 cm³/mol. The number of nitrogens with one attached hydrogen (secondary N) is 2. The first-order chi connectivity index (χ1) is 15.7. The molecule has 1 saturated heterocycles. The van der Waals surface area contributed by atoms with Gasteiger partial charge < -0.3 is 10.1 Å². The second-order valence-electron chi connectivity index (χ2n) is 8.08. The maximum absolute atomic E-state index is 13.0. The van der Waals surface area contributed by atoms with Gasteiger partial charge in [-0.2, -0.15) is 5.10 Å². The molecule has 7 heteroatoms. The quantitative estimate of drug-likeness (QED) is 0.507. The van der Waals surface area contributed by atoms with E-state index in [1.807, 2.05) is 36.4 Å². The van der Waals surface area contributed by atoms with Crippen LogP contribution in [0.3, 0.4) is 0 Å². The fourth-order valence-electron chi connectivity index (χ4n) is 4.08. The van der Waals surface area contributed by atoms with Crippen LogP contribution < -0.4 is 5.32 Å². The largest absolute Gasteiger partial charge is 0.366 e. The van der Waals surface area contributed by atoms with E-state index in [0.29, 0.717) is 13.2 Å². The van der Waals surface area contributed by atoms with Crippen molar-refractivity contribution in [3.8, 4) is 11.3 Å². The molecule has 4 aromatic rings. The molecule has 1 unspecified atom stereocenters. The van der Waals surface area contributed by atoms with Crippen LogP contribution in [0, 0.1) is 6.92 Å². The zero-order chi connectivity index (χ0) is 21.9. The minimum atomic E-state index is -0.507. The molecule has 7 nitrogen and oxygen atoms in total. The number of H-pyrrole nitrogens is 1. The first kappa shape index (κ1) is 20.4. The smallest absolute Gasteiger partial charge is 0.254 e. The molecule has 5 rings (SSSR count). The third kappa shape index (κ3) is 4.26. The highest BCUT2D eigenvalue weighted by Crippen LogP contribution is 2.28. The Hall–Kier alpha value is -3.55. The van der Waals surface area contributed by atoms with E-state index in [-0.39, 0.29) is 5.91 Å². The lowest BCUT2D eigenvalue weighted by Crippen LogP contribution is -2.47. The van der Waals surface area contributed by atoms with Crippen molar-refractivity contribution >= 4 is 22.5 Å². The zero-order valence-corrected chi connectivity index (χ0v) is 17.9. The number of aromatic amines is 1. The van der Waals surface area contributed by atoms with E-state index in [4.69, 9.17) is 4.74 Å². The van der Waals surface area contributed by atoms with Crippen molar-refractivity contribution in [2.75, 3.05) is 25.0 Å². The summed E-state index contributed by atoms with van der Waals surface area (Å²) >= 11 is 0. The van der Waals surface area contributed by atoms with Gasteiger partial charge in [-0.05, 0) is 48.4 Å². The van der Waals surface area contributed by atoms with Gasteiger partial charge in [-0.3, -0.25) is 19.8 Å². The molecule has 162 valence electrons. The maximum atomic E-state index is 13.0. The fourth-order valence-corrected chi connectivity index (χ4v) is 4.08. The number of amides is 1. The van der Waals surface area contributed by atoms with E-state index in [0.717, 1.165) is 40.9 Å². The summed E-state index contributed by atoms with van der Waals surface area (Å²) in [5, 5.41) is 11.5. The number of carbonyl (C=O) groups excluding carboxylic acids is 1. The Morgan fingerprint density at radius 1 is 1.19 bits per heavy atom. The maximum Gasteiger partial charge on any atom is 0.254 e. The van der Waals surface area contributed by atoms with Crippen molar-refractivity contribution in [1.82, 2.24) is 20.1 Å². The standard InChI is InChI=1S/C25H25N5O2/c1-17-4-2-3-5-19(17)15-30-12-13-32-23(16-30)25(31)27-20-6-7-22-21(14-20)24(29-28-22)18-8-10-26-11-9-18/h2-11,14,23H,12-13,15-16H2,1H3,(H,27,31)(H,28,29). The van der Waals surface area contributed by atoms with Crippen molar-refractivity contribution in [2.45, 2.75) is 19.6 Å². The van der Waals surface area contributed by atoms with Gasteiger partial charge in [0.2, 0.25) is 0 Å². The summed E-state index contributed by atoms with van der Waals surface area (Å²) in [5.41, 5.74) is 5.97. The number of nitrogens with zero attached hydrogens (tertiary/aromatic N) is 3. The zero-order valence-electron chi connectivity index (χ0n) is 17.9. The van der Waals surface area contributed by atoms with Crippen LogP contribution in [0.2, 0.25) is 0 Å². The first-order valence-corrected chi connectivity index (χ1v) is 10.8. The van der Waals surface area contributed by atoms with Gasteiger partial charge in [-0.15, -0.1) is 0 Å². The minimum absolute atomic E-state index is 0.132. The van der Waals surface area contributed by atoms with Crippen molar-refractivity contribution in [2.24, 2.45) is 0 Å². The Labute approximate surface area is 186 Å². The predicted octanol–water partition coefficient (Wildman–Crippen LogP) is 3.77. The average molecular weight is 428 g/mol. The lowest BCUT2D eigenvalue weighted by molar-refractivity contribution is -0.133. The summed E-state index contributed by atoms with van der Waals surface area (Å²) < 4.78 is 5.80. The summed E-state index contributed by atoms with van der Waals surface area (Å²) in [6.45, 7) is 4.85. The van der Waals surface area contributed by atoms with Gasteiger partial charge in [0.05, 0.1) is 12.1 Å². The number of aromatic nitrogens is 3. The summed E-state index contributed by atoms with van der Waals surface area (Å²) in [5.74, 6) is -0.132. The van der Waals surface area contributed by atoms with Gasteiger partial charge in [-0.1, -0.05) is 24.3 Å². The molecule has 0 aliphatic carbocycles. The molecule has 0 spiro atoms. The van der Waals surface area contributed by atoms with Crippen LogP contribution in [0.5, 0.6) is 0 Å². The highest BCUT2D eigenvalue weighted by atomic mass is 16.5. The molecule has 32 heavy (non-hydrogen) atoms. The molecule has 1 amide bonds. The third-order valence-electron chi connectivity index (χ3n) is 5.88. The summed E-state index contributed by atoms with van der Waals surface area (Å²) in [6, 6.07) is 17.9. The lowest BCUT2D eigenvalue weighted by Gasteiger charge is -2.32. The highest BCUT2D eigenvalue weighted by Gasteiger charge is 2.27. The number of morpholine rings is 1. The van der Waals surface area contributed by atoms with E-state index >= 15 is 0 Å². The number of ether oxygens (including phenoxy) is 1. The SMILES string of the molecule is Cc1ccccc1CN1CCOC(C(=O)Nc2ccc3[nH]nc(-c4ccncc4)c3c2)C1. The molecule has 0 radical (unpaired) electrons. The van der Waals surface area contributed by atoms with Crippen LogP contribution in [0.15, 0.2) is 67.0 Å². The topological polar surface area (TPSA) is 83.1 Å². The van der Waals surface area contributed by atoms with E-state index in [9.17, 15) is 4.79 Å². The van der Waals surface area contributed by atoms with E-state index in [1.165, 1.54) is 11.1 Å². The summed E-state index contributed by atoms with van der Waals surface area (Å²) in [6.07, 6.45) is 2.97. The summed E-state index contributed by atoms with van der Waals surface area (Å²) in [4.78, 5) is 19.3. The molecule has 0 bridgehead atoms. The van der Waals surface area contributed by atoms with Gasteiger partial charge in [0.25, 0.3) is 5.91 Å². The van der Waals surface area contributed by atoms with E-state index in [1.54, 1.807) is 12.4 Å². The van der Waals surface area contributed by atoms with E-state index < -0.39 is 6.10 Å². The minimum Gasteiger partial charge on any atom is -0.366 e. The van der Waals surface area contributed by atoms with Gasteiger partial charge >= 0.3 is 0 Å². The number of pyridine rings is 1. The highest BCUT2D eigenvalue weighted by molar-refractivity contribution is 5.99. The number of rotatable bonds is 5. The third-order valence-corrected chi connectivity index (χ3v) is 5.88. The fraction of sp³-hybridized carbons (Fsp3) is 0.240. The Morgan fingerprint density at radius 3 is 2.88 bits per heavy atom. The second-order valence-corrected chi connectivity index (χ2v) is 8.08. The lowest BCUT2D eigenvalue weighted by atomic mass is 10.1. The number of anilines is 1. The van der Waals surface area contributed by atoms with Crippen LogP contribution in [-0.2, 0) is 16.1 Å². The molecule has 3 heterocycles. The number of hydrogen-bond donors (Lipinski definition) is 2. The first-order valence-electron chi connectivity index (χ1n) is 10.8. The number of fused-ring (bicyclic) bond motifs is 1. The van der Waals surface area contributed by atoms with Crippen LogP contribution >= 0.6 is 0 Å². The Balaban J connectivity index is 1.29. The van der Waals surface area contributed by atoms with Crippen LogP contribution in [0.4, 0.5) is 5.69 Å². The molecule has 1 fully saturated rings. The van der Waals surface area contributed by atoms with Gasteiger partial charge in [-0.25, -0.2) is 0 Å². The number of aryl methyl sites for hydroxylation is 1. The normalized spacial score (nSPS) is 16.8. The average Bonchev–Trinajstić information content (AvgIpc) is 3.25. The van der Waals surface area contributed by atoms with E-state index in [2.05, 4.69) is 50.5 Å². The van der Waals surface area contributed by atoms with Crippen LogP contribution in [-0.4, -0.2) is 51.8 Å².